The van der Waals surface area contributed by atoms with Crippen molar-refractivity contribution >= 4 is 11.7 Å². The molecule has 1 atom stereocenters. The number of rotatable bonds is 10. The molecule has 0 aliphatic carbocycles. The third kappa shape index (κ3) is 6.49. The van der Waals surface area contributed by atoms with Crippen LogP contribution in [0.15, 0.2) is 48.5 Å². The molecule has 2 aromatic carbocycles. The quantitative estimate of drug-likeness (QED) is 0.586. The van der Waals surface area contributed by atoms with Crippen molar-refractivity contribution in [2.45, 2.75) is 38.5 Å². The van der Waals surface area contributed by atoms with Crippen LogP contribution in [0.5, 0.6) is 0 Å². The molecule has 1 heterocycles. The number of likely N-dealkylation sites (N-methyl/N-ethyl adjacent to an activating group) is 1. The number of benzene rings is 2. The van der Waals surface area contributed by atoms with Crippen LogP contribution >= 0.6 is 0 Å². The molecule has 2 aromatic rings. The summed E-state index contributed by atoms with van der Waals surface area (Å²) in [5, 5.41) is 10.5. The Hall–Kier alpha value is -2.54. The molecule has 0 bridgehead atoms. The van der Waals surface area contributed by atoms with Gasteiger partial charge in [-0.05, 0) is 42.6 Å². The first kappa shape index (κ1) is 22.2. The van der Waals surface area contributed by atoms with Crippen molar-refractivity contribution in [3.63, 3.8) is 0 Å². The summed E-state index contributed by atoms with van der Waals surface area (Å²) in [5.41, 5.74) is 9.53. The van der Waals surface area contributed by atoms with Gasteiger partial charge in [-0.2, -0.15) is 0 Å². The van der Waals surface area contributed by atoms with Crippen molar-refractivity contribution < 1.29 is 14.7 Å². The Morgan fingerprint density at radius 3 is 2.70 bits per heavy atom. The summed E-state index contributed by atoms with van der Waals surface area (Å²) in [6.07, 6.45) is 1.23. The van der Waals surface area contributed by atoms with Crippen molar-refractivity contribution in [2.75, 3.05) is 26.7 Å². The lowest BCUT2D eigenvalue weighted by atomic mass is 9.99. The predicted molar refractivity (Wildman–Crippen MR) is 117 cm³/mol. The van der Waals surface area contributed by atoms with E-state index in [2.05, 4.69) is 29.2 Å². The van der Waals surface area contributed by atoms with E-state index in [4.69, 9.17) is 5.73 Å². The second kappa shape index (κ2) is 10.5. The highest BCUT2D eigenvalue weighted by Crippen LogP contribution is 2.19. The number of carbonyl (C=O) groups excluding carboxylic acids is 2. The van der Waals surface area contributed by atoms with Gasteiger partial charge >= 0.3 is 0 Å². The number of Topliss-reactive ketones (excluding diaryl/α,β-unsaturated/α-hetero) is 1. The van der Waals surface area contributed by atoms with E-state index in [0.717, 1.165) is 25.1 Å². The molecule has 1 unspecified atom stereocenters. The molecule has 6 nitrogen and oxygen atoms in total. The molecule has 0 radical (unpaired) electrons. The highest BCUT2D eigenvalue weighted by Gasteiger charge is 2.19. The number of aliphatic hydroxyl groups is 1. The fraction of sp³-hybridized carbons (Fsp3) is 0.417. The topological polar surface area (TPSA) is 86.9 Å². The van der Waals surface area contributed by atoms with E-state index in [0.29, 0.717) is 31.5 Å². The minimum Gasteiger partial charge on any atom is -0.392 e. The normalized spacial score (nSPS) is 15.0. The van der Waals surface area contributed by atoms with Crippen molar-refractivity contribution in [3.05, 3.63) is 70.8 Å². The lowest BCUT2D eigenvalue weighted by Crippen LogP contribution is -2.36. The van der Waals surface area contributed by atoms with Crippen molar-refractivity contribution in [2.24, 2.45) is 5.73 Å². The molecular weight excluding hydrogens is 378 g/mol. The first-order valence-electron chi connectivity index (χ1n) is 10.5. The second-order valence-electron chi connectivity index (χ2n) is 8.21. The van der Waals surface area contributed by atoms with Crippen LogP contribution in [-0.2, 0) is 24.3 Å². The average molecular weight is 410 g/mol. The van der Waals surface area contributed by atoms with Crippen LogP contribution in [0.2, 0.25) is 0 Å². The van der Waals surface area contributed by atoms with Crippen LogP contribution in [0.25, 0.3) is 0 Å². The number of ketones is 1. The van der Waals surface area contributed by atoms with Gasteiger partial charge in [0.25, 0.3) is 0 Å². The number of β-amino-alcohol motifs (C(OH)–C–C–N with tert-alkyl or cyclic N) is 1. The van der Waals surface area contributed by atoms with E-state index in [-0.39, 0.29) is 18.2 Å². The Morgan fingerprint density at radius 2 is 1.93 bits per heavy atom. The summed E-state index contributed by atoms with van der Waals surface area (Å²) < 4.78 is 0. The minimum atomic E-state index is -0.524. The van der Waals surface area contributed by atoms with Crippen LogP contribution in [0.3, 0.4) is 0 Å². The van der Waals surface area contributed by atoms with Gasteiger partial charge in [-0.25, -0.2) is 0 Å². The van der Waals surface area contributed by atoms with Gasteiger partial charge in [0.1, 0.15) is 0 Å². The highest BCUT2D eigenvalue weighted by molar-refractivity contribution is 5.96. The zero-order chi connectivity index (χ0) is 21.5. The average Bonchev–Trinajstić information content (AvgIpc) is 2.71. The van der Waals surface area contributed by atoms with Gasteiger partial charge in [0.15, 0.2) is 5.78 Å². The number of nitrogens with two attached hydrogens (primary N) is 1. The van der Waals surface area contributed by atoms with Gasteiger partial charge in [0.2, 0.25) is 5.91 Å². The van der Waals surface area contributed by atoms with Gasteiger partial charge in [-0.1, -0.05) is 42.5 Å². The van der Waals surface area contributed by atoms with Gasteiger partial charge in [-0.3, -0.25) is 19.4 Å². The molecular formula is C24H31N3O3. The molecule has 0 aromatic heterocycles. The fourth-order valence-electron chi connectivity index (χ4n) is 4.02. The molecule has 3 N–H and O–H groups in total. The Balaban J connectivity index is 1.47. The number of hydrogen-bond acceptors (Lipinski definition) is 5. The highest BCUT2D eigenvalue weighted by atomic mass is 16.3. The summed E-state index contributed by atoms with van der Waals surface area (Å²) in [7, 11) is 1.81. The number of nitrogens with zero attached hydrogens (tertiary/aromatic N) is 2. The summed E-state index contributed by atoms with van der Waals surface area (Å²) in [4.78, 5) is 27.7. The molecule has 1 amide bonds. The van der Waals surface area contributed by atoms with Crippen LogP contribution < -0.4 is 5.73 Å². The Labute approximate surface area is 178 Å². The Kier molecular flexibility index (Phi) is 7.74. The summed E-state index contributed by atoms with van der Waals surface area (Å²) in [6, 6.07) is 15.9. The monoisotopic (exact) mass is 409 g/mol. The molecule has 1 aliphatic heterocycles. The maximum atomic E-state index is 12.6. The number of hydrogen-bond donors (Lipinski definition) is 2. The molecule has 1 aliphatic rings. The molecule has 0 fully saturated rings. The second-order valence-corrected chi connectivity index (χ2v) is 8.21. The lowest BCUT2D eigenvalue weighted by molar-refractivity contribution is -0.118. The third-order valence-electron chi connectivity index (χ3n) is 5.51. The fourth-order valence-corrected chi connectivity index (χ4v) is 4.02. The van der Waals surface area contributed by atoms with Crippen LogP contribution in [0.1, 0.15) is 39.9 Å². The maximum absolute atomic E-state index is 12.6. The third-order valence-corrected chi connectivity index (χ3v) is 5.51. The van der Waals surface area contributed by atoms with Crippen LogP contribution in [0.4, 0.5) is 0 Å². The Bertz CT molecular complexity index is 884. The van der Waals surface area contributed by atoms with E-state index in [9.17, 15) is 14.7 Å². The Morgan fingerprint density at radius 1 is 1.17 bits per heavy atom. The van der Waals surface area contributed by atoms with E-state index in [1.807, 2.05) is 30.1 Å². The maximum Gasteiger partial charge on any atom is 0.231 e. The van der Waals surface area contributed by atoms with Crippen molar-refractivity contribution in [1.82, 2.24) is 9.80 Å². The molecule has 160 valence electrons. The summed E-state index contributed by atoms with van der Waals surface area (Å²) in [6.45, 7) is 3.08. The van der Waals surface area contributed by atoms with Crippen LogP contribution in [0, 0.1) is 0 Å². The minimum absolute atomic E-state index is 0.0254. The molecule has 0 spiro atoms. The molecule has 6 heteroatoms. The molecule has 30 heavy (non-hydrogen) atoms. The molecule has 0 saturated carbocycles. The van der Waals surface area contributed by atoms with Gasteiger partial charge in [-0.15, -0.1) is 0 Å². The molecule has 0 saturated heterocycles. The van der Waals surface area contributed by atoms with Gasteiger partial charge in [0, 0.05) is 38.2 Å². The number of fused-ring (bicyclic) bond motifs is 1. The van der Waals surface area contributed by atoms with Gasteiger partial charge < -0.3 is 10.8 Å². The number of aliphatic hydroxyl groups excluding tert-OH is 1. The first-order chi connectivity index (χ1) is 14.4. The SMILES string of the molecule is CN(CC(N)=O)Cc1cccc(C(=O)CCC(O)CN2CCc3ccccc3C2)c1. The standard InChI is InChI=1S/C24H31N3O3/c1-26(17-24(25)30)14-18-5-4-8-20(13-18)23(29)10-9-22(28)16-27-12-11-19-6-2-3-7-21(19)15-27/h2-8,13,22,28H,9-12,14-17H2,1H3,(H2,25,30). The van der Waals surface area contributed by atoms with Crippen molar-refractivity contribution in [1.29, 1.82) is 0 Å². The zero-order valence-corrected chi connectivity index (χ0v) is 17.6. The first-order valence-corrected chi connectivity index (χ1v) is 10.5. The number of carbonyl (C=O) groups is 2. The van der Waals surface area contributed by atoms with E-state index in [1.54, 1.807) is 6.07 Å². The van der Waals surface area contributed by atoms with E-state index in [1.165, 1.54) is 11.1 Å². The van der Waals surface area contributed by atoms with E-state index < -0.39 is 6.10 Å². The van der Waals surface area contributed by atoms with Crippen molar-refractivity contribution in [3.8, 4) is 0 Å². The summed E-state index contributed by atoms with van der Waals surface area (Å²) >= 11 is 0. The van der Waals surface area contributed by atoms with Gasteiger partial charge in [0.05, 0.1) is 12.6 Å². The summed E-state index contributed by atoms with van der Waals surface area (Å²) in [5.74, 6) is -0.353. The molecule has 3 rings (SSSR count). The smallest absolute Gasteiger partial charge is 0.231 e. The number of primary amides is 1. The van der Waals surface area contributed by atoms with Crippen LogP contribution in [-0.4, -0.2) is 59.4 Å². The predicted octanol–water partition coefficient (Wildman–Crippen LogP) is 1.99. The zero-order valence-electron chi connectivity index (χ0n) is 17.6. The van der Waals surface area contributed by atoms with E-state index >= 15 is 0 Å². The number of amides is 1. The largest absolute Gasteiger partial charge is 0.392 e. The lowest BCUT2D eigenvalue weighted by Gasteiger charge is -2.30.